The van der Waals surface area contributed by atoms with Crippen LogP contribution in [0, 0.1) is 3.57 Å². The molecule has 0 fully saturated rings. The Morgan fingerprint density at radius 2 is 2.13 bits per heavy atom. The van der Waals surface area contributed by atoms with Crippen LogP contribution >= 0.6 is 22.6 Å². The molecule has 0 unspecified atom stereocenters. The van der Waals surface area contributed by atoms with E-state index < -0.39 is 0 Å². The number of halogens is 1. The van der Waals surface area contributed by atoms with Crippen molar-refractivity contribution < 1.29 is 0 Å². The minimum absolute atomic E-state index is 0.383. The first-order valence-corrected chi connectivity index (χ1v) is 5.93. The summed E-state index contributed by atoms with van der Waals surface area (Å²) in [6, 6.07) is 8.17. The molecule has 15 heavy (non-hydrogen) atoms. The molecule has 0 amide bonds. The molecule has 0 saturated heterocycles. The van der Waals surface area contributed by atoms with Crippen LogP contribution in [0.3, 0.4) is 0 Å². The molecule has 1 N–H and O–H groups in total. The number of aromatic amines is 1. The van der Waals surface area contributed by atoms with Crippen molar-refractivity contribution in [1.29, 1.82) is 0 Å². The van der Waals surface area contributed by atoms with Gasteiger partial charge in [0, 0.05) is 15.1 Å². The van der Waals surface area contributed by atoms with Gasteiger partial charge in [-0.15, -0.1) is 0 Å². The van der Waals surface area contributed by atoms with Crippen LogP contribution in [-0.4, -0.2) is 15.2 Å². The van der Waals surface area contributed by atoms with E-state index in [4.69, 9.17) is 0 Å². The zero-order chi connectivity index (χ0) is 10.8. The fraction of sp³-hybridized carbons (Fsp3) is 0.273. The highest BCUT2D eigenvalue weighted by Crippen LogP contribution is 2.19. The number of rotatable bonds is 2. The van der Waals surface area contributed by atoms with Crippen molar-refractivity contribution in [3.63, 3.8) is 0 Å². The Morgan fingerprint density at radius 3 is 2.73 bits per heavy atom. The topological polar surface area (TPSA) is 41.6 Å². The van der Waals surface area contributed by atoms with Crippen molar-refractivity contribution in [2.45, 2.75) is 19.8 Å². The van der Waals surface area contributed by atoms with E-state index in [-0.39, 0.29) is 0 Å². The van der Waals surface area contributed by atoms with Crippen LogP contribution in [0.4, 0.5) is 0 Å². The van der Waals surface area contributed by atoms with Gasteiger partial charge in [-0.25, -0.2) is 4.98 Å². The Morgan fingerprint density at radius 1 is 1.33 bits per heavy atom. The highest BCUT2D eigenvalue weighted by atomic mass is 127. The van der Waals surface area contributed by atoms with Gasteiger partial charge >= 0.3 is 0 Å². The van der Waals surface area contributed by atoms with E-state index in [1.165, 1.54) is 3.57 Å². The maximum absolute atomic E-state index is 4.45. The first-order valence-electron chi connectivity index (χ1n) is 4.85. The standard InChI is InChI=1S/C11H12IN3/c1-7(2)10-13-11(15-14-10)8-4-3-5-9(12)6-8/h3-7H,1-2H3,(H,13,14,15). The Bertz CT molecular complexity index is 462. The molecule has 0 atom stereocenters. The summed E-state index contributed by atoms with van der Waals surface area (Å²) in [6.45, 7) is 4.19. The van der Waals surface area contributed by atoms with E-state index in [0.717, 1.165) is 17.2 Å². The molecule has 1 aromatic heterocycles. The molecule has 1 aromatic carbocycles. The van der Waals surface area contributed by atoms with Crippen LogP contribution in [0.5, 0.6) is 0 Å². The Hall–Kier alpha value is -0.910. The Kier molecular flexibility index (Phi) is 3.04. The second-order valence-electron chi connectivity index (χ2n) is 3.71. The molecule has 4 heteroatoms. The van der Waals surface area contributed by atoms with Gasteiger partial charge in [0.15, 0.2) is 5.82 Å². The number of nitrogens with one attached hydrogen (secondary N) is 1. The van der Waals surface area contributed by atoms with Crippen LogP contribution < -0.4 is 0 Å². The lowest BCUT2D eigenvalue weighted by molar-refractivity contribution is 0.781. The van der Waals surface area contributed by atoms with Crippen molar-refractivity contribution in [2.75, 3.05) is 0 Å². The summed E-state index contributed by atoms with van der Waals surface area (Å²) in [5, 5.41) is 7.17. The minimum atomic E-state index is 0.383. The van der Waals surface area contributed by atoms with Gasteiger partial charge in [-0.2, -0.15) is 5.10 Å². The first-order chi connectivity index (χ1) is 7.16. The first kappa shape index (κ1) is 10.6. The van der Waals surface area contributed by atoms with Gasteiger partial charge in [0.25, 0.3) is 0 Å². The third kappa shape index (κ3) is 2.37. The number of aromatic nitrogens is 3. The summed E-state index contributed by atoms with van der Waals surface area (Å²) in [6.07, 6.45) is 0. The average Bonchev–Trinajstić information content (AvgIpc) is 2.66. The fourth-order valence-corrected chi connectivity index (χ4v) is 1.83. The molecule has 1 heterocycles. The van der Waals surface area contributed by atoms with Crippen molar-refractivity contribution in [3.8, 4) is 11.4 Å². The molecule has 0 saturated carbocycles. The van der Waals surface area contributed by atoms with Crippen LogP contribution in [0.15, 0.2) is 24.3 Å². The monoisotopic (exact) mass is 313 g/mol. The highest BCUT2D eigenvalue weighted by molar-refractivity contribution is 14.1. The summed E-state index contributed by atoms with van der Waals surface area (Å²) < 4.78 is 1.20. The van der Waals surface area contributed by atoms with Gasteiger partial charge in [0.1, 0.15) is 5.82 Å². The van der Waals surface area contributed by atoms with E-state index in [1.807, 2.05) is 12.1 Å². The van der Waals surface area contributed by atoms with Gasteiger partial charge in [-0.3, -0.25) is 5.10 Å². The lowest BCUT2D eigenvalue weighted by Gasteiger charge is -1.96. The Balaban J connectivity index is 2.37. The lowest BCUT2D eigenvalue weighted by atomic mass is 10.2. The van der Waals surface area contributed by atoms with Crippen LogP contribution in [-0.2, 0) is 0 Å². The normalized spacial score (nSPS) is 10.9. The van der Waals surface area contributed by atoms with Crippen molar-refractivity contribution in [2.24, 2.45) is 0 Å². The number of hydrogen-bond acceptors (Lipinski definition) is 2. The summed E-state index contributed by atoms with van der Waals surface area (Å²) >= 11 is 2.29. The fourth-order valence-electron chi connectivity index (χ4n) is 1.29. The molecule has 0 spiro atoms. The van der Waals surface area contributed by atoms with Crippen LogP contribution in [0.25, 0.3) is 11.4 Å². The van der Waals surface area contributed by atoms with Gasteiger partial charge in [-0.05, 0) is 34.7 Å². The highest BCUT2D eigenvalue weighted by Gasteiger charge is 2.08. The largest absolute Gasteiger partial charge is 0.262 e. The van der Waals surface area contributed by atoms with Gasteiger partial charge in [0.2, 0.25) is 0 Å². The van der Waals surface area contributed by atoms with Gasteiger partial charge in [0.05, 0.1) is 0 Å². The lowest BCUT2D eigenvalue weighted by Crippen LogP contribution is -1.89. The number of H-pyrrole nitrogens is 1. The molecule has 0 aliphatic carbocycles. The summed E-state index contributed by atoms with van der Waals surface area (Å²) in [5.41, 5.74) is 1.06. The molecule has 78 valence electrons. The van der Waals surface area contributed by atoms with Crippen molar-refractivity contribution in [3.05, 3.63) is 33.7 Å². The molecule has 2 rings (SSSR count). The molecule has 0 radical (unpaired) electrons. The number of benzene rings is 1. The minimum Gasteiger partial charge on any atom is -0.262 e. The SMILES string of the molecule is CC(C)c1nc(-c2cccc(I)c2)n[nH]1. The molecule has 0 aliphatic heterocycles. The molecule has 3 nitrogen and oxygen atoms in total. The third-order valence-electron chi connectivity index (χ3n) is 2.13. The third-order valence-corrected chi connectivity index (χ3v) is 2.80. The molecule has 2 aromatic rings. The maximum atomic E-state index is 4.45. The second kappa shape index (κ2) is 4.30. The summed E-state index contributed by atoms with van der Waals surface area (Å²) in [7, 11) is 0. The van der Waals surface area contributed by atoms with Crippen LogP contribution in [0.1, 0.15) is 25.6 Å². The summed E-state index contributed by atoms with van der Waals surface area (Å²) in [5.74, 6) is 2.09. The number of nitrogens with zero attached hydrogens (tertiary/aromatic N) is 2. The number of hydrogen-bond donors (Lipinski definition) is 1. The van der Waals surface area contributed by atoms with E-state index in [0.29, 0.717) is 5.92 Å². The zero-order valence-electron chi connectivity index (χ0n) is 8.66. The van der Waals surface area contributed by atoms with E-state index in [2.05, 4.69) is 63.8 Å². The van der Waals surface area contributed by atoms with Crippen molar-refractivity contribution in [1.82, 2.24) is 15.2 Å². The maximum Gasteiger partial charge on any atom is 0.181 e. The molecular weight excluding hydrogens is 301 g/mol. The smallest absolute Gasteiger partial charge is 0.181 e. The van der Waals surface area contributed by atoms with E-state index in [9.17, 15) is 0 Å². The molecule has 0 aliphatic rings. The Labute approximate surface area is 102 Å². The van der Waals surface area contributed by atoms with Crippen LogP contribution in [0.2, 0.25) is 0 Å². The quantitative estimate of drug-likeness (QED) is 0.865. The zero-order valence-corrected chi connectivity index (χ0v) is 10.8. The predicted molar refractivity (Wildman–Crippen MR) is 68.6 cm³/mol. The van der Waals surface area contributed by atoms with Gasteiger partial charge < -0.3 is 0 Å². The molecular formula is C11H12IN3. The van der Waals surface area contributed by atoms with Gasteiger partial charge in [-0.1, -0.05) is 26.0 Å². The summed E-state index contributed by atoms with van der Waals surface area (Å²) in [4.78, 5) is 4.45. The van der Waals surface area contributed by atoms with E-state index >= 15 is 0 Å². The molecule has 0 bridgehead atoms. The predicted octanol–water partition coefficient (Wildman–Crippen LogP) is 3.20. The van der Waals surface area contributed by atoms with E-state index in [1.54, 1.807) is 0 Å². The second-order valence-corrected chi connectivity index (χ2v) is 4.95. The average molecular weight is 313 g/mol. The van der Waals surface area contributed by atoms with Crippen molar-refractivity contribution >= 4 is 22.6 Å².